The van der Waals surface area contributed by atoms with E-state index in [2.05, 4.69) is 11.9 Å². The highest BCUT2D eigenvalue weighted by Gasteiger charge is 2.42. The highest BCUT2D eigenvalue weighted by atomic mass is 16.3. The zero-order valence-corrected chi connectivity index (χ0v) is 11.3. The second-order valence-corrected chi connectivity index (χ2v) is 5.29. The van der Waals surface area contributed by atoms with Crippen molar-refractivity contribution in [2.75, 3.05) is 13.1 Å². The summed E-state index contributed by atoms with van der Waals surface area (Å²) in [6, 6.07) is -0.509. The molecule has 1 atom stereocenters. The minimum Gasteiger partial charge on any atom is -0.386 e. The molecule has 5 nitrogen and oxygen atoms in total. The Bertz CT molecular complexity index is 355. The number of rotatable bonds is 6. The van der Waals surface area contributed by atoms with E-state index in [9.17, 15) is 14.7 Å². The van der Waals surface area contributed by atoms with Gasteiger partial charge in [-0.3, -0.25) is 9.59 Å². The summed E-state index contributed by atoms with van der Waals surface area (Å²) in [6.45, 7) is 9.51. The molecule has 0 bridgehead atoms. The van der Waals surface area contributed by atoms with E-state index in [-0.39, 0.29) is 13.1 Å². The minimum atomic E-state index is -0.849. The molecule has 1 saturated heterocycles. The topological polar surface area (TPSA) is 69.6 Å². The van der Waals surface area contributed by atoms with Gasteiger partial charge in [-0.1, -0.05) is 19.9 Å². The number of Topliss-reactive ketones (excluding diaryl/α,β-unsaturated/α-hetero) is 1. The molecule has 0 aliphatic carbocycles. The molecule has 1 rings (SSSR count). The van der Waals surface area contributed by atoms with Gasteiger partial charge in [-0.25, -0.2) is 0 Å². The van der Waals surface area contributed by atoms with Crippen LogP contribution in [0.2, 0.25) is 0 Å². The Morgan fingerprint density at radius 3 is 2.44 bits per heavy atom. The number of hydrogen-bond acceptors (Lipinski definition) is 4. The van der Waals surface area contributed by atoms with Crippen molar-refractivity contribution >= 4 is 11.7 Å². The second kappa shape index (κ2) is 5.52. The predicted molar refractivity (Wildman–Crippen MR) is 68.9 cm³/mol. The van der Waals surface area contributed by atoms with Crippen molar-refractivity contribution in [2.45, 2.75) is 45.3 Å². The lowest BCUT2D eigenvalue weighted by Crippen LogP contribution is -2.64. The van der Waals surface area contributed by atoms with Gasteiger partial charge < -0.3 is 15.3 Å². The van der Waals surface area contributed by atoms with Gasteiger partial charge in [0, 0.05) is 5.70 Å². The molecule has 102 valence electrons. The maximum Gasteiger partial charge on any atom is 0.292 e. The van der Waals surface area contributed by atoms with Gasteiger partial charge in [-0.2, -0.15) is 0 Å². The first-order valence-corrected chi connectivity index (χ1v) is 6.24. The largest absolute Gasteiger partial charge is 0.386 e. The first kappa shape index (κ1) is 14.7. The summed E-state index contributed by atoms with van der Waals surface area (Å²) in [5.41, 5.74) is -0.178. The van der Waals surface area contributed by atoms with Crippen LogP contribution in [0.25, 0.3) is 0 Å². The Hall–Kier alpha value is -1.36. The number of carbonyl (C=O) groups is 2. The van der Waals surface area contributed by atoms with E-state index in [1.54, 1.807) is 13.8 Å². The number of aliphatic hydroxyl groups is 1. The molecule has 0 aromatic carbocycles. The number of carbonyl (C=O) groups excluding carboxylic acids is 2. The Kier molecular flexibility index (Phi) is 4.51. The van der Waals surface area contributed by atoms with Crippen LogP contribution in [0, 0.1) is 0 Å². The standard InChI is InChI=1S/C13H22N2O3/c1-5-6-10(14-9(2)3)11(16)12(17)15-7-13(4,18)8-15/h10,14,18H,2,5-8H2,1,3-4H3. The van der Waals surface area contributed by atoms with Gasteiger partial charge in [0.1, 0.15) is 0 Å². The normalized spacial score (nSPS) is 18.8. The van der Waals surface area contributed by atoms with Gasteiger partial charge in [0.25, 0.3) is 5.91 Å². The minimum absolute atomic E-state index is 0.226. The average molecular weight is 254 g/mol. The van der Waals surface area contributed by atoms with Crippen molar-refractivity contribution in [3.63, 3.8) is 0 Å². The molecule has 2 N–H and O–H groups in total. The molecule has 0 spiro atoms. The molecule has 1 unspecified atom stereocenters. The highest BCUT2D eigenvalue weighted by Crippen LogP contribution is 2.20. The number of likely N-dealkylation sites (tertiary alicyclic amines) is 1. The molecule has 1 aliphatic heterocycles. The molecule has 0 aromatic rings. The summed E-state index contributed by atoms with van der Waals surface area (Å²) >= 11 is 0. The summed E-state index contributed by atoms with van der Waals surface area (Å²) in [4.78, 5) is 25.3. The van der Waals surface area contributed by atoms with Crippen molar-refractivity contribution < 1.29 is 14.7 Å². The van der Waals surface area contributed by atoms with Gasteiger partial charge in [0.15, 0.2) is 0 Å². The lowest BCUT2D eigenvalue weighted by Gasteiger charge is -2.44. The zero-order valence-electron chi connectivity index (χ0n) is 11.3. The van der Waals surface area contributed by atoms with Crippen LogP contribution in [-0.4, -0.2) is 46.4 Å². The Balaban J connectivity index is 2.60. The van der Waals surface area contributed by atoms with Gasteiger partial charge in [-0.05, 0) is 20.3 Å². The van der Waals surface area contributed by atoms with Crippen LogP contribution in [-0.2, 0) is 9.59 Å². The predicted octanol–water partition coefficient (Wildman–Crippen LogP) is 0.441. The summed E-state index contributed by atoms with van der Waals surface area (Å²) in [7, 11) is 0. The molecular weight excluding hydrogens is 232 g/mol. The Labute approximate surface area is 108 Å². The summed E-state index contributed by atoms with van der Waals surface area (Å²) in [6.07, 6.45) is 1.41. The molecule has 0 radical (unpaired) electrons. The number of allylic oxidation sites excluding steroid dienone is 1. The molecule has 1 aliphatic rings. The third kappa shape index (κ3) is 3.57. The molecule has 1 fully saturated rings. The fourth-order valence-electron chi connectivity index (χ4n) is 2.08. The number of hydrogen-bond donors (Lipinski definition) is 2. The summed E-state index contributed by atoms with van der Waals surface area (Å²) < 4.78 is 0. The number of ketones is 1. The van der Waals surface area contributed by atoms with Crippen LogP contribution < -0.4 is 5.32 Å². The lowest BCUT2D eigenvalue weighted by molar-refractivity contribution is -0.160. The van der Waals surface area contributed by atoms with Crippen molar-refractivity contribution in [1.82, 2.24) is 10.2 Å². The Morgan fingerprint density at radius 2 is 2.06 bits per heavy atom. The fraction of sp³-hybridized carbons (Fsp3) is 0.692. The third-order valence-electron chi connectivity index (χ3n) is 2.88. The number of β-amino-alcohol motifs (C(OH)–C–C–N with tert-alkyl or cyclic N) is 1. The van der Waals surface area contributed by atoms with E-state index < -0.39 is 23.3 Å². The molecular formula is C13H22N2O3. The third-order valence-corrected chi connectivity index (χ3v) is 2.88. The highest BCUT2D eigenvalue weighted by molar-refractivity contribution is 6.38. The summed E-state index contributed by atoms with van der Waals surface area (Å²) in [5.74, 6) is -0.968. The van der Waals surface area contributed by atoms with Crippen molar-refractivity contribution in [3.05, 3.63) is 12.3 Å². The monoisotopic (exact) mass is 254 g/mol. The molecule has 5 heteroatoms. The van der Waals surface area contributed by atoms with Crippen molar-refractivity contribution in [1.29, 1.82) is 0 Å². The lowest BCUT2D eigenvalue weighted by atomic mass is 9.95. The van der Waals surface area contributed by atoms with E-state index in [1.165, 1.54) is 4.90 Å². The van der Waals surface area contributed by atoms with E-state index in [0.717, 1.165) is 6.42 Å². The maximum atomic E-state index is 12.0. The molecule has 18 heavy (non-hydrogen) atoms. The van der Waals surface area contributed by atoms with Gasteiger partial charge in [0.05, 0.1) is 24.7 Å². The van der Waals surface area contributed by atoms with Crippen LogP contribution in [0.15, 0.2) is 12.3 Å². The van der Waals surface area contributed by atoms with Gasteiger partial charge in [-0.15, -0.1) is 0 Å². The van der Waals surface area contributed by atoms with E-state index >= 15 is 0 Å². The second-order valence-electron chi connectivity index (χ2n) is 5.29. The van der Waals surface area contributed by atoms with Crippen molar-refractivity contribution in [2.24, 2.45) is 0 Å². The summed E-state index contributed by atoms with van der Waals surface area (Å²) in [5, 5.41) is 12.5. The quantitative estimate of drug-likeness (QED) is 0.675. The number of amides is 1. The van der Waals surface area contributed by atoms with Gasteiger partial charge >= 0.3 is 0 Å². The SMILES string of the molecule is C=C(C)NC(CCC)C(=O)C(=O)N1CC(C)(O)C1. The van der Waals surface area contributed by atoms with E-state index in [4.69, 9.17) is 0 Å². The first-order chi connectivity index (χ1) is 8.26. The average Bonchev–Trinajstić information content (AvgIpc) is 2.22. The van der Waals surface area contributed by atoms with E-state index in [1.807, 2.05) is 6.92 Å². The Morgan fingerprint density at radius 1 is 1.50 bits per heavy atom. The first-order valence-electron chi connectivity index (χ1n) is 6.24. The fourth-order valence-corrected chi connectivity index (χ4v) is 2.08. The zero-order chi connectivity index (χ0) is 13.9. The smallest absolute Gasteiger partial charge is 0.292 e. The molecule has 0 saturated carbocycles. The van der Waals surface area contributed by atoms with Crippen LogP contribution in [0.4, 0.5) is 0 Å². The van der Waals surface area contributed by atoms with Crippen LogP contribution >= 0.6 is 0 Å². The molecule has 1 heterocycles. The van der Waals surface area contributed by atoms with Crippen molar-refractivity contribution in [3.8, 4) is 0 Å². The van der Waals surface area contributed by atoms with Crippen LogP contribution in [0.5, 0.6) is 0 Å². The van der Waals surface area contributed by atoms with Crippen LogP contribution in [0.3, 0.4) is 0 Å². The number of nitrogens with one attached hydrogen (secondary N) is 1. The van der Waals surface area contributed by atoms with Crippen LogP contribution in [0.1, 0.15) is 33.6 Å². The maximum absolute atomic E-state index is 12.0. The number of nitrogens with zero attached hydrogens (tertiary/aromatic N) is 1. The van der Waals surface area contributed by atoms with Gasteiger partial charge in [0.2, 0.25) is 5.78 Å². The van der Waals surface area contributed by atoms with E-state index in [0.29, 0.717) is 12.1 Å². The molecule has 0 aromatic heterocycles. The molecule has 1 amide bonds.